The van der Waals surface area contributed by atoms with Gasteiger partial charge in [0.1, 0.15) is 10.0 Å². The fourth-order valence-corrected chi connectivity index (χ4v) is 4.51. The highest BCUT2D eigenvalue weighted by Gasteiger charge is 2.16. The van der Waals surface area contributed by atoms with Crippen molar-refractivity contribution in [3.05, 3.63) is 51.1 Å². The van der Waals surface area contributed by atoms with Crippen LogP contribution in [0.3, 0.4) is 0 Å². The van der Waals surface area contributed by atoms with Gasteiger partial charge in [-0.3, -0.25) is 0 Å². The van der Waals surface area contributed by atoms with Gasteiger partial charge in [0, 0.05) is 6.54 Å². The lowest BCUT2D eigenvalue weighted by molar-refractivity contribution is 0.582. The number of nitrogens with one attached hydrogen (secondary N) is 1. The molecule has 0 aliphatic carbocycles. The van der Waals surface area contributed by atoms with Crippen LogP contribution in [0.5, 0.6) is 0 Å². The maximum absolute atomic E-state index is 13.3. The van der Waals surface area contributed by atoms with E-state index in [2.05, 4.69) is 20.7 Å². The van der Waals surface area contributed by atoms with Gasteiger partial charge in [0.2, 0.25) is 10.0 Å². The lowest BCUT2D eigenvalue weighted by atomic mass is 10.1. The molecule has 0 amide bonds. The van der Waals surface area contributed by atoms with E-state index in [4.69, 9.17) is 0 Å². The Kier molecular flexibility index (Phi) is 4.39. The smallest absolute Gasteiger partial charge is 0.207 e. The highest BCUT2D eigenvalue weighted by molar-refractivity contribution is 9.11. The Morgan fingerprint density at radius 3 is 2.63 bits per heavy atom. The predicted molar refractivity (Wildman–Crippen MR) is 77.2 cm³/mol. The maximum atomic E-state index is 13.3. The van der Waals surface area contributed by atoms with E-state index in [9.17, 15) is 12.8 Å². The molecule has 1 N–H and O–H groups in total. The van der Waals surface area contributed by atoms with Crippen LogP contribution in [0.25, 0.3) is 0 Å². The second-order valence-corrected chi connectivity index (χ2v) is 8.42. The minimum atomic E-state index is -3.54. The first-order valence-corrected chi connectivity index (χ1v) is 8.48. The molecular formula is C12H11BrFNO2S2. The zero-order valence-electron chi connectivity index (χ0n) is 9.98. The van der Waals surface area contributed by atoms with Crippen molar-refractivity contribution < 1.29 is 12.8 Å². The van der Waals surface area contributed by atoms with Crippen molar-refractivity contribution in [2.45, 2.75) is 17.7 Å². The molecule has 0 bridgehead atoms. The molecule has 0 aliphatic heterocycles. The zero-order chi connectivity index (χ0) is 14.0. The van der Waals surface area contributed by atoms with E-state index in [0.29, 0.717) is 11.1 Å². The van der Waals surface area contributed by atoms with Gasteiger partial charge in [-0.2, -0.15) is 0 Å². The SMILES string of the molecule is Cc1ccc(CNS(=O)(=O)c2ccc(Br)s2)cc1F. The molecule has 7 heteroatoms. The Labute approximate surface area is 123 Å². The molecule has 0 aliphatic rings. The van der Waals surface area contributed by atoms with Gasteiger partial charge in [-0.15, -0.1) is 11.3 Å². The number of benzene rings is 1. The Morgan fingerprint density at radius 1 is 1.32 bits per heavy atom. The van der Waals surface area contributed by atoms with E-state index < -0.39 is 10.0 Å². The van der Waals surface area contributed by atoms with E-state index in [1.807, 2.05) is 0 Å². The summed E-state index contributed by atoms with van der Waals surface area (Å²) in [5, 5.41) is 0. The zero-order valence-corrected chi connectivity index (χ0v) is 13.2. The summed E-state index contributed by atoms with van der Waals surface area (Å²) in [6, 6.07) is 7.85. The predicted octanol–water partition coefficient (Wildman–Crippen LogP) is 3.44. The number of halogens is 2. The van der Waals surface area contributed by atoms with Gasteiger partial charge >= 0.3 is 0 Å². The molecule has 0 unspecified atom stereocenters. The summed E-state index contributed by atoms with van der Waals surface area (Å²) in [5.74, 6) is -0.337. The molecule has 0 spiro atoms. The minimum absolute atomic E-state index is 0.0645. The fourth-order valence-electron chi connectivity index (χ4n) is 1.44. The third-order valence-corrected chi connectivity index (χ3v) is 6.03. The van der Waals surface area contributed by atoms with E-state index in [0.717, 1.165) is 15.1 Å². The molecule has 1 aromatic carbocycles. The molecule has 3 nitrogen and oxygen atoms in total. The number of aryl methyl sites for hydroxylation is 1. The van der Waals surface area contributed by atoms with E-state index in [1.54, 1.807) is 25.1 Å². The molecule has 0 radical (unpaired) electrons. The number of rotatable bonds is 4. The molecule has 1 heterocycles. The van der Waals surface area contributed by atoms with Crippen LogP contribution in [0.15, 0.2) is 38.3 Å². The van der Waals surface area contributed by atoms with Crippen LogP contribution < -0.4 is 4.72 Å². The summed E-state index contributed by atoms with van der Waals surface area (Å²) >= 11 is 4.34. The van der Waals surface area contributed by atoms with Crippen LogP contribution in [0, 0.1) is 12.7 Å². The van der Waals surface area contributed by atoms with Gasteiger partial charge in [0.25, 0.3) is 0 Å². The average Bonchev–Trinajstić information content (AvgIpc) is 2.78. The number of thiophene rings is 1. The number of hydrogen-bond donors (Lipinski definition) is 1. The molecule has 102 valence electrons. The van der Waals surface area contributed by atoms with Crippen LogP contribution in [0.2, 0.25) is 0 Å². The Balaban J connectivity index is 2.11. The maximum Gasteiger partial charge on any atom is 0.250 e. The standard InChI is InChI=1S/C12H11BrFNO2S2/c1-8-2-3-9(6-10(8)14)7-15-19(16,17)12-5-4-11(13)18-12/h2-6,15H,7H2,1H3. The first kappa shape index (κ1) is 14.6. The van der Waals surface area contributed by atoms with Crippen molar-refractivity contribution in [2.75, 3.05) is 0 Å². The first-order valence-electron chi connectivity index (χ1n) is 5.38. The van der Waals surface area contributed by atoms with Crippen LogP contribution in [-0.4, -0.2) is 8.42 Å². The Morgan fingerprint density at radius 2 is 2.05 bits per heavy atom. The van der Waals surface area contributed by atoms with Crippen molar-refractivity contribution in [1.82, 2.24) is 4.72 Å². The molecule has 0 saturated carbocycles. The van der Waals surface area contributed by atoms with Gasteiger partial charge in [0.15, 0.2) is 0 Å². The molecule has 0 atom stereocenters. The average molecular weight is 364 g/mol. The number of hydrogen-bond acceptors (Lipinski definition) is 3. The summed E-state index contributed by atoms with van der Waals surface area (Å²) in [4.78, 5) is 0. The summed E-state index contributed by atoms with van der Waals surface area (Å²) in [6.07, 6.45) is 0. The van der Waals surface area contributed by atoms with Crippen LogP contribution in [0.4, 0.5) is 4.39 Å². The van der Waals surface area contributed by atoms with E-state index >= 15 is 0 Å². The van der Waals surface area contributed by atoms with E-state index in [1.165, 1.54) is 12.1 Å². The van der Waals surface area contributed by atoms with Crippen LogP contribution in [0.1, 0.15) is 11.1 Å². The third-order valence-electron chi connectivity index (χ3n) is 2.52. The fraction of sp³-hybridized carbons (Fsp3) is 0.167. The van der Waals surface area contributed by atoms with Crippen molar-refractivity contribution >= 4 is 37.3 Å². The van der Waals surface area contributed by atoms with Gasteiger partial charge in [-0.25, -0.2) is 17.5 Å². The number of sulfonamides is 1. The van der Waals surface area contributed by atoms with Crippen molar-refractivity contribution in [1.29, 1.82) is 0 Å². The highest BCUT2D eigenvalue weighted by atomic mass is 79.9. The Hall–Kier alpha value is -0.760. The molecule has 0 saturated heterocycles. The molecule has 19 heavy (non-hydrogen) atoms. The van der Waals surface area contributed by atoms with Gasteiger partial charge in [-0.1, -0.05) is 12.1 Å². The lowest BCUT2D eigenvalue weighted by Gasteiger charge is -2.06. The second-order valence-electron chi connectivity index (χ2n) is 3.97. The highest BCUT2D eigenvalue weighted by Crippen LogP contribution is 2.25. The minimum Gasteiger partial charge on any atom is -0.207 e. The summed E-state index contributed by atoms with van der Waals surface area (Å²) in [6.45, 7) is 1.72. The van der Waals surface area contributed by atoms with Gasteiger partial charge in [0.05, 0.1) is 3.79 Å². The summed E-state index contributed by atoms with van der Waals surface area (Å²) in [5.41, 5.74) is 1.12. The molecule has 2 rings (SSSR count). The van der Waals surface area contributed by atoms with Crippen molar-refractivity contribution in [2.24, 2.45) is 0 Å². The molecule has 1 aromatic heterocycles. The monoisotopic (exact) mass is 363 g/mol. The van der Waals surface area contributed by atoms with E-state index in [-0.39, 0.29) is 16.6 Å². The van der Waals surface area contributed by atoms with Crippen LogP contribution >= 0.6 is 27.3 Å². The first-order chi connectivity index (χ1) is 8.88. The summed E-state index contributed by atoms with van der Waals surface area (Å²) < 4.78 is 40.7. The van der Waals surface area contributed by atoms with Crippen molar-refractivity contribution in [3.63, 3.8) is 0 Å². The molecule has 2 aromatic rings. The normalized spacial score (nSPS) is 11.7. The van der Waals surface area contributed by atoms with Crippen molar-refractivity contribution in [3.8, 4) is 0 Å². The quantitative estimate of drug-likeness (QED) is 0.904. The topological polar surface area (TPSA) is 46.2 Å². The van der Waals surface area contributed by atoms with Gasteiger partial charge < -0.3 is 0 Å². The molecular weight excluding hydrogens is 353 g/mol. The second kappa shape index (κ2) is 5.70. The largest absolute Gasteiger partial charge is 0.250 e. The van der Waals surface area contributed by atoms with Gasteiger partial charge in [-0.05, 0) is 52.2 Å². The molecule has 0 fully saturated rings. The summed E-state index contributed by atoms with van der Waals surface area (Å²) in [7, 11) is -3.54. The lowest BCUT2D eigenvalue weighted by Crippen LogP contribution is -2.22. The van der Waals surface area contributed by atoms with Crippen LogP contribution in [-0.2, 0) is 16.6 Å². The Bertz CT molecular complexity index is 698. The third kappa shape index (κ3) is 3.62.